The van der Waals surface area contributed by atoms with Crippen molar-refractivity contribution in [1.82, 2.24) is 5.32 Å². The predicted molar refractivity (Wildman–Crippen MR) is 120 cm³/mol. The van der Waals surface area contributed by atoms with Gasteiger partial charge >= 0.3 is 0 Å². The van der Waals surface area contributed by atoms with E-state index in [0.29, 0.717) is 30.2 Å². The van der Waals surface area contributed by atoms with E-state index >= 15 is 0 Å². The highest BCUT2D eigenvalue weighted by atomic mass is 79.9. The average molecular weight is 474 g/mol. The fourth-order valence-corrected chi connectivity index (χ4v) is 3.59. The third-order valence-electron chi connectivity index (χ3n) is 4.52. The number of hydrogen-bond donors (Lipinski definition) is 1. The van der Waals surface area contributed by atoms with Crippen molar-refractivity contribution < 1.29 is 18.6 Å². The van der Waals surface area contributed by atoms with Gasteiger partial charge in [0, 0.05) is 18.7 Å². The summed E-state index contributed by atoms with van der Waals surface area (Å²) in [4.78, 5) is 0. The summed E-state index contributed by atoms with van der Waals surface area (Å²) in [5, 5.41) is 3.43. The Balaban J connectivity index is 1.66. The summed E-state index contributed by atoms with van der Waals surface area (Å²) in [5.41, 5.74) is 2.72. The second kappa shape index (κ2) is 11.0. The number of rotatable bonds is 10. The van der Waals surface area contributed by atoms with Gasteiger partial charge in [0.2, 0.25) is 0 Å². The Bertz CT molecular complexity index is 963. The van der Waals surface area contributed by atoms with Crippen molar-refractivity contribution in [2.24, 2.45) is 0 Å². The number of halogens is 2. The molecule has 3 rings (SSSR count). The molecule has 4 nitrogen and oxygen atoms in total. The molecule has 0 saturated heterocycles. The van der Waals surface area contributed by atoms with Crippen LogP contribution in [0, 0.1) is 5.82 Å². The predicted octanol–water partition coefficient (Wildman–Crippen LogP) is 5.86. The first-order valence-electron chi connectivity index (χ1n) is 9.75. The Morgan fingerprint density at radius 3 is 2.37 bits per heavy atom. The van der Waals surface area contributed by atoms with E-state index in [1.165, 1.54) is 11.6 Å². The van der Waals surface area contributed by atoms with Gasteiger partial charge in [-0.2, -0.15) is 0 Å². The molecule has 0 amide bonds. The maximum absolute atomic E-state index is 13.9. The van der Waals surface area contributed by atoms with Crippen LogP contribution in [0.15, 0.2) is 65.1 Å². The number of nitrogens with one attached hydrogen (secondary N) is 1. The van der Waals surface area contributed by atoms with Gasteiger partial charge in [0.1, 0.15) is 18.2 Å². The summed E-state index contributed by atoms with van der Waals surface area (Å²) >= 11 is 3.57. The minimum atomic E-state index is -0.286. The quantitative estimate of drug-likeness (QED) is 0.400. The van der Waals surface area contributed by atoms with E-state index in [2.05, 4.69) is 21.2 Å². The molecule has 0 radical (unpaired) electrons. The zero-order chi connectivity index (χ0) is 21.3. The minimum Gasteiger partial charge on any atom is -0.497 e. The molecule has 0 aliphatic rings. The molecule has 0 spiro atoms. The van der Waals surface area contributed by atoms with Crippen LogP contribution in [0.3, 0.4) is 0 Å². The van der Waals surface area contributed by atoms with E-state index < -0.39 is 0 Å². The Morgan fingerprint density at radius 1 is 0.933 bits per heavy atom. The van der Waals surface area contributed by atoms with Crippen LogP contribution in [0.25, 0.3) is 0 Å². The van der Waals surface area contributed by atoms with Crippen LogP contribution in [0.4, 0.5) is 4.39 Å². The van der Waals surface area contributed by atoms with Crippen molar-refractivity contribution >= 4 is 15.9 Å². The first-order chi connectivity index (χ1) is 14.6. The standard InChI is InChI=1S/C24H25BrFNO3/c1-3-29-23-13-18(15-27-14-17-8-10-20(28-2)11-9-17)12-21(25)24(23)30-16-19-6-4-5-7-22(19)26/h4-13,27H,3,14-16H2,1-2H3. The lowest BCUT2D eigenvalue weighted by atomic mass is 10.1. The number of ether oxygens (including phenoxy) is 3. The van der Waals surface area contributed by atoms with Crippen LogP contribution >= 0.6 is 15.9 Å². The largest absolute Gasteiger partial charge is 0.497 e. The molecule has 0 heterocycles. The molecule has 3 aromatic carbocycles. The topological polar surface area (TPSA) is 39.7 Å². The SMILES string of the molecule is CCOc1cc(CNCc2ccc(OC)cc2)cc(Br)c1OCc1ccccc1F. The van der Waals surface area contributed by atoms with Gasteiger partial charge in [-0.1, -0.05) is 30.3 Å². The van der Waals surface area contributed by atoms with Crippen molar-refractivity contribution in [2.75, 3.05) is 13.7 Å². The van der Waals surface area contributed by atoms with Crippen LogP contribution in [0.1, 0.15) is 23.6 Å². The van der Waals surface area contributed by atoms with Crippen molar-refractivity contribution in [1.29, 1.82) is 0 Å². The summed E-state index contributed by atoms with van der Waals surface area (Å²) in [6, 6.07) is 18.5. The highest BCUT2D eigenvalue weighted by Gasteiger charge is 2.13. The fraction of sp³-hybridized carbons (Fsp3) is 0.250. The van der Waals surface area contributed by atoms with Crippen molar-refractivity contribution in [3.63, 3.8) is 0 Å². The van der Waals surface area contributed by atoms with E-state index in [0.717, 1.165) is 22.3 Å². The molecule has 0 aliphatic carbocycles. The molecule has 6 heteroatoms. The van der Waals surface area contributed by atoms with E-state index in [9.17, 15) is 4.39 Å². The van der Waals surface area contributed by atoms with Crippen molar-refractivity contribution in [3.8, 4) is 17.2 Å². The highest BCUT2D eigenvalue weighted by Crippen LogP contribution is 2.37. The van der Waals surface area contributed by atoms with Gasteiger partial charge in [-0.3, -0.25) is 0 Å². The molecule has 0 aliphatic heterocycles. The van der Waals surface area contributed by atoms with Gasteiger partial charge in [-0.05, 0) is 64.3 Å². The van der Waals surface area contributed by atoms with Gasteiger partial charge < -0.3 is 19.5 Å². The van der Waals surface area contributed by atoms with Gasteiger partial charge in [-0.25, -0.2) is 4.39 Å². The first-order valence-corrected chi connectivity index (χ1v) is 10.5. The number of methoxy groups -OCH3 is 1. The van der Waals surface area contributed by atoms with Crippen LogP contribution in [-0.2, 0) is 19.7 Å². The molecular formula is C24H25BrFNO3. The van der Waals surface area contributed by atoms with Crippen molar-refractivity contribution in [3.05, 3.63) is 87.6 Å². The molecule has 3 aromatic rings. The normalized spacial score (nSPS) is 10.7. The number of benzene rings is 3. The van der Waals surface area contributed by atoms with Crippen LogP contribution in [-0.4, -0.2) is 13.7 Å². The molecule has 0 unspecified atom stereocenters. The molecular weight excluding hydrogens is 449 g/mol. The Kier molecular flexibility index (Phi) is 8.11. The van der Waals surface area contributed by atoms with Gasteiger partial charge in [-0.15, -0.1) is 0 Å². The molecule has 0 fully saturated rings. The molecule has 0 bridgehead atoms. The molecule has 0 atom stereocenters. The molecule has 0 saturated carbocycles. The Hall–Kier alpha value is -2.57. The molecule has 1 N–H and O–H groups in total. The minimum absolute atomic E-state index is 0.125. The van der Waals surface area contributed by atoms with Gasteiger partial charge in [0.15, 0.2) is 11.5 Å². The van der Waals surface area contributed by atoms with Crippen molar-refractivity contribution in [2.45, 2.75) is 26.6 Å². The smallest absolute Gasteiger partial charge is 0.175 e. The maximum atomic E-state index is 13.9. The lowest BCUT2D eigenvalue weighted by molar-refractivity contribution is 0.264. The molecule has 0 aromatic heterocycles. The summed E-state index contributed by atoms with van der Waals surface area (Å²) < 4.78 is 31.5. The van der Waals surface area contributed by atoms with E-state index in [-0.39, 0.29) is 12.4 Å². The third kappa shape index (κ3) is 5.97. The Morgan fingerprint density at radius 2 is 1.67 bits per heavy atom. The molecule has 30 heavy (non-hydrogen) atoms. The summed E-state index contributed by atoms with van der Waals surface area (Å²) in [6.45, 7) is 3.95. The van der Waals surface area contributed by atoms with Crippen LogP contribution in [0.5, 0.6) is 17.2 Å². The summed E-state index contributed by atoms with van der Waals surface area (Å²) in [7, 11) is 1.66. The second-order valence-corrected chi connectivity index (χ2v) is 7.52. The van der Waals surface area contributed by atoms with Crippen LogP contribution in [0.2, 0.25) is 0 Å². The van der Waals surface area contributed by atoms with Gasteiger partial charge in [0.25, 0.3) is 0 Å². The van der Waals surface area contributed by atoms with E-state index in [4.69, 9.17) is 14.2 Å². The van der Waals surface area contributed by atoms with Gasteiger partial charge in [0.05, 0.1) is 18.2 Å². The monoisotopic (exact) mass is 473 g/mol. The number of hydrogen-bond acceptors (Lipinski definition) is 4. The fourth-order valence-electron chi connectivity index (χ4n) is 2.99. The van der Waals surface area contributed by atoms with E-state index in [1.807, 2.05) is 43.3 Å². The van der Waals surface area contributed by atoms with E-state index in [1.54, 1.807) is 25.3 Å². The highest BCUT2D eigenvalue weighted by molar-refractivity contribution is 9.10. The third-order valence-corrected chi connectivity index (χ3v) is 5.11. The average Bonchev–Trinajstić information content (AvgIpc) is 2.75. The second-order valence-electron chi connectivity index (χ2n) is 6.67. The zero-order valence-corrected chi connectivity index (χ0v) is 18.7. The zero-order valence-electron chi connectivity index (χ0n) is 17.1. The maximum Gasteiger partial charge on any atom is 0.175 e. The summed E-state index contributed by atoms with van der Waals surface area (Å²) in [5.74, 6) is 1.75. The lowest BCUT2D eigenvalue weighted by Gasteiger charge is -2.16. The Labute approximate surface area is 185 Å². The molecule has 158 valence electrons. The summed E-state index contributed by atoms with van der Waals surface area (Å²) in [6.07, 6.45) is 0. The first kappa shape index (κ1) is 22.1. The van der Waals surface area contributed by atoms with Crippen LogP contribution < -0.4 is 19.5 Å². The lowest BCUT2D eigenvalue weighted by Crippen LogP contribution is -2.13.